The van der Waals surface area contributed by atoms with E-state index >= 15 is 0 Å². The molecular formula is C22H26FN3O2. The van der Waals surface area contributed by atoms with Crippen molar-refractivity contribution >= 4 is 11.7 Å². The minimum atomic E-state index is -0.225. The van der Waals surface area contributed by atoms with Crippen molar-refractivity contribution in [3.8, 4) is 5.75 Å². The molecule has 1 aliphatic heterocycles. The largest absolute Gasteiger partial charge is 0.495 e. The van der Waals surface area contributed by atoms with Crippen LogP contribution in [0.2, 0.25) is 0 Å². The second-order valence-electron chi connectivity index (χ2n) is 7.59. The lowest BCUT2D eigenvalue weighted by Gasteiger charge is -2.36. The maximum atomic E-state index is 13.2. The van der Waals surface area contributed by atoms with Gasteiger partial charge in [-0.05, 0) is 42.7 Å². The van der Waals surface area contributed by atoms with E-state index in [4.69, 9.17) is 4.74 Å². The summed E-state index contributed by atoms with van der Waals surface area (Å²) in [5, 5.41) is 3.10. The Labute approximate surface area is 165 Å². The molecule has 5 nitrogen and oxygen atoms in total. The molecule has 2 aromatic carbocycles. The standard InChI is InChI=1S/C22H26FN3O2/c1-28-20-5-3-2-4-19(20)25-12-14-26(15-13-25)21(27)24-16-22(10-11-22)17-6-8-18(23)9-7-17/h2-9H,10-16H2,1H3,(H,24,27). The van der Waals surface area contributed by atoms with Crippen molar-refractivity contribution in [3.63, 3.8) is 0 Å². The zero-order valence-electron chi connectivity index (χ0n) is 16.2. The monoisotopic (exact) mass is 383 g/mol. The number of carbonyl (C=O) groups is 1. The Morgan fingerprint density at radius 1 is 1.07 bits per heavy atom. The van der Waals surface area contributed by atoms with E-state index in [0.717, 1.165) is 42.9 Å². The minimum Gasteiger partial charge on any atom is -0.495 e. The number of amides is 2. The molecule has 2 aromatic rings. The molecule has 1 saturated heterocycles. The van der Waals surface area contributed by atoms with Crippen molar-refractivity contribution in [2.75, 3.05) is 44.7 Å². The summed E-state index contributed by atoms with van der Waals surface area (Å²) in [7, 11) is 1.68. The molecule has 2 amide bonds. The Morgan fingerprint density at radius 3 is 2.39 bits per heavy atom. The Hall–Kier alpha value is -2.76. The first-order valence-electron chi connectivity index (χ1n) is 9.78. The molecule has 0 bridgehead atoms. The molecule has 4 rings (SSSR count). The Kier molecular flexibility index (Phi) is 5.11. The summed E-state index contributed by atoms with van der Waals surface area (Å²) in [6.07, 6.45) is 2.06. The first-order chi connectivity index (χ1) is 13.6. The molecule has 1 N–H and O–H groups in total. The normalized spacial score (nSPS) is 17.9. The first kappa shape index (κ1) is 18.6. The fraction of sp³-hybridized carbons (Fsp3) is 0.409. The van der Waals surface area contributed by atoms with E-state index < -0.39 is 0 Å². The fourth-order valence-corrected chi connectivity index (χ4v) is 3.92. The number of anilines is 1. The third kappa shape index (κ3) is 3.77. The molecule has 6 heteroatoms. The van der Waals surface area contributed by atoms with Crippen LogP contribution in [0, 0.1) is 5.82 Å². The number of nitrogens with zero attached hydrogens (tertiary/aromatic N) is 2. The topological polar surface area (TPSA) is 44.8 Å². The number of rotatable bonds is 5. The molecular weight excluding hydrogens is 357 g/mol. The molecule has 2 fully saturated rings. The molecule has 0 aromatic heterocycles. The number of hydrogen-bond donors (Lipinski definition) is 1. The van der Waals surface area contributed by atoms with Crippen LogP contribution in [0.25, 0.3) is 0 Å². The highest BCUT2D eigenvalue weighted by molar-refractivity contribution is 5.75. The van der Waals surface area contributed by atoms with Gasteiger partial charge in [0.25, 0.3) is 0 Å². The highest BCUT2D eigenvalue weighted by Gasteiger charge is 2.44. The van der Waals surface area contributed by atoms with Crippen LogP contribution < -0.4 is 15.0 Å². The number of ether oxygens (including phenoxy) is 1. The average Bonchev–Trinajstić information content (AvgIpc) is 3.54. The predicted octanol–water partition coefficient (Wildman–Crippen LogP) is 3.40. The zero-order chi connectivity index (χ0) is 19.6. The van der Waals surface area contributed by atoms with E-state index in [-0.39, 0.29) is 17.3 Å². The molecule has 0 unspecified atom stereocenters. The predicted molar refractivity (Wildman–Crippen MR) is 107 cm³/mol. The van der Waals surface area contributed by atoms with Gasteiger partial charge in [0.1, 0.15) is 11.6 Å². The third-order valence-electron chi connectivity index (χ3n) is 5.88. The number of piperazine rings is 1. The lowest BCUT2D eigenvalue weighted by atomic mass is 9.96. The van der Waals surface area contributed by atoms with E-state index in [1.165, 1.54) is 12.1 Å². The Morgan fingerprint density at radius 2 is 1.75 bits per heavy atom. The van der Waals surface area contributed by atoms with Crippen LogP contribution in [-0.4, -0.2) is 50.8 Å². The quantitative estimate of drug-likeness (QED) is 0.861. The van der Waals surface area contributed by atoms with Crippen molar-refractivity contribution in [2.45, 2.75) is 18.3 Å². The van der Waals surface area contributed by atoms with Crippen LogP contribution in [0.4, 0.5) is 14.9 Å². The van der Waals surface area contributed by atoms with Gasteiger partial charge in [0.15, 0.2) is 0 Å². The Balaban J connectivity index is 1.30. The summed E-state index contributed by atoms with van der Waals surface area (Å²) in [5.74, 6) is 0.631. The van der Waals surface area contributed by atoms with Gasteiger partial charge in [-0.25, -0.2) is 9.18 Å². The first-order valence-corrected chi connectivity index (χ1v) is 9.78. The van der Waals surface area contributed by atoms with Gasteiger partial charge in [0, 0.05) is 38.1 Å². The van der Waals surface area contributed by atoms with E-state index in [9.17, 15) is 9.18 Å². The summed E-state index contributed by atoms with van der Waals surface area (Å²) < 4.78 is 18.6. The van der Waals surface area contributed by atoms with Gasteiger partial charge in [-0.1, -0.05) is 24.3 Å². The molecule has 1 heterocycles. The van der Waals surface area contributed by atoms with Gasteiger partial charge in [0.2, 0.25) is 0 Å². The van der Waals surface area contributed by atoms with Crippen LogP contribution >= 0.6 is 0 Å². The number of benzene rings is 2. The number of nitrogens with one attached hydrogen (secondary N) is 1. The number of hydrogen-bond acceptors (Lipinski definition) is 3. The second kappa shape index (κ2) is 7.70. The zero-order valence-corrected chi connectivity index (χ0v) is 16.2. The van der Waals surface area contributed by atoms with Crippen molar-refractivity contribution < 1.29 is 13.9 Å². The maximum Gasteiger partial charge on any atom is 0.317 e. The smallest absolute Gasteiger partial charge is 0.317 e. The number of carbonyl (C=O) groups excluding carboxylic acids is 1. The number of para-hydroxylation sites is 2. The van der Waals surface area contributed by atoms with Crippen molar-refractivity contribution in [2.24, 2.45) is 0 Å². The summed E-state index contributed by atoms with van der Waals surface area (Å²) in [6.45, 7) is 3.50. The van der Waals surface area contributed by atoms with Crippen LogP contribution in [0.15, 0.2) is 48.5 Å². The fourth-order valence-electron chi connectivity index (χ4n) is 3.92. The van der Waals surface area contributed by atoms with Crippen LogP contribution in [-0.2, 0) is 5.41 Å². The number of methoxy groups -OCH3 is 1. The van der Waals surface area contributed by atoms with Crippen molar-refractivity contribution in [3.05, 3.63) is 59.9 Å². The number of halogens is 1. The van der Waals surface area contributed by atoms with E-state index in [1.807, 2.05) is 41.3 Å². The highest BCUT2D eigenvalue weighted by Crippen LogP contribution is 2.47. The van der Waals surface area contributed by atoms with E-state index in [0.29, 0.717) is 19.6 Å². The van der Waals surface area contributed by atoms with E-state index in [1.54, 1.807) is 7.11 Å². The molecule has 1 saturated carbocycles. The van der Waals surface area contributed by atoms with Crippen LogP contribution in [0.1, 0.15) is 18.4 Å². The molecule has 1 aliphatic carbocycles. The molecule has 148 valence electrons. The van der Waals surface area contributed by atoms with Gasteiger partial charge in [0.05, 0.1) is 12.8 Å². The molecule has 0 radical (unpaired) electrons. The van der Waals surface area contributed by atoms with Gasteiger partial charge in [-0.3, -0.25) is 0 Å². The second-order valence-corrected chi connectivity index (χ2v) is 7.59. The summed E-state index contributed by atoms with van der Waals surface area (Å²) in [4.78, 5) is 16.8. The van der Waals surface area contributed by atoms with Gasteiger partial charge in [-0.2, -0.15) is 0 Å². The summed E-state index contributed by atoms with van der Waals surface area (Å²) >= 11 is 0. The molecule has 0 spiro atoms. The third-order valence-corrected chi connectivity index (χ3v) is 5.88. The van der Waals surface area contributed by atoms with Gasteiger partial charge in [-0.15, -0.1) is 0 Å². The summed E-state index contributed by atoms with van der Waals surface area (Å²) in [6, 6.07) is 14.6. The minimum absolute atomic E-state index is 0.0203. The summed E-state index contributed by atoms with van der Waals surface area (Å²) in [5.41, 5.74) is 2.15. The van der Waals surface area contributed by atoms with Crippen molar-refractivity contribution in [1.82, 2.24) is 10.2 Å². The van der Waals surface area contributed by atoms with Gasteiger partial charge >= 0.3 is 6.03 Å². The Bertz CT molecular complexity index is 828. The average molecular weight is 383 g/mol. The lowest BCUT2D eigenvalue weighted by molar-refractivity contribution is 0.193. The SMILES string of the molecule is COc1ccccc1N1CCN(C(=O)NCC2(c3ccc(F)cc3)CC2)CC1. The van der Waals surface area contributed by atoms with Crippen LogP contribution in [0.5, 0.6) is 5.75 Å². The molecule has 0 atom stereocenters. The van der Waals surface area contributed by atoms with Crippen LogP contribution in [0.3, 0.4) is 0 Å². The maximum absolute atomic E-state index is 13.2. The van der Waals surface area contributed by atoms with E-state index in [2.05, 4.69) is 10.2 Å². The number of urea groups is 1. The molecule has 28 heavy (non-hydrogen) atoms. The lowest BCUT2D eigenvalue weighted by Crippen LogP contribution is -2.52. The molecule has 2 aliphatic rings. The van der Waals surface area contributed by atoms with Crippen molar-refractivity contribution in [1.29, 1.82) is 0 Å². The van der Waals surface area contributed by atoms with Gasteiger partial charge < -0.3 is 19.9 Å². The highest BCUT2D eigenvalue weighted by atomic mass is 19.1.